The number of hydrogen-bond acceptors (Lipinski definition) is 8. The van der Waals surface area contributed by atoms with Crippen molar-refractivity contribution >= 4 is 29.1 Å². The number of nitrogens with zero attached hydrogens (tertiary/aromatic N) is 8. The number of halogens is 8. The Hall–Kier alpha value is -5.12. The summed E-state index contributed by atoms with van der Waals surface area (Å²) in [5.74, 6) is -4.04. The molecule has 3 heterocycles. The third-order valence-corrected chi connectivity index (χ3v) is 6.53. The van der Waals surface area contributed by atoms with Crippen LogP contribution in [0.5, 0.6) is 0 Å². The van der Waals surface area contributed by atoms with E-state index in [1.165, 1.54) is 37.4 Å². The van der Waals surface area contributed by atoms with E-state index in [1.54, 1.807) is 13.8 Å². The standard InChI is InChI=1S/C26H20ClF7N10O2/c1-12(2)37-21(45)16-8-14(10-35)7-13(3)19(16)38-22(46)18-9-15(40-44(18)20-17(27)5-4-6-36-20)11-43-23(39-41-42-43)24(28,25(29,30)31)26(32,33)34/h4-9,12H,11H2,1-3H3,(H,37,45)(H,38,46). The van der Waals surface area contributed by atoms with Gasteiger partial charge >= 0.3 is 18.0 Å². The first-order valence-corrected chi connectivity index (χ1v) is 13.2. The van der Waals surface area contributed by atoms with Gasteiger partial charge in [-0.05, 0) is 67.1 Å². The van der Waals surface area contributed by atoms with E-state index in [0.29, 0.717) is 5.56 Å². The summed E-state index contributed by atoms with van der Waals surface area (Å²) in [6, 6.07) is 7.94. The Balaban J connectivity index is 1.82. The molecule has 0 bridgehead atoms. The van der Waals surface area contributed by atoms with Crippen molar-refractivity contribution < 1.29 is 40.3 Å². The maximum atomic E-state index is 14.8. The molecule has 0 fully saturated rings. The Morgan fingerprint density at radius 2 is 1.74 bits per heavy atom. The van der Waals surface area contributed by atoms with Crippen LogP contribution in [0.25, 0.3) is 5.82 Å². The van der Waals surface area contributed by atoms with Crippen LogP contribution in [-0.2, 0) is 12.2 Å². The van der Waals surface area contributed by atoms with Crippen LogP contribution in [0.2, 0.25) is 5.02 Å². The zero-order valence-corrected chi connectivity index (χ0v) is 24.4. The lowest BCUT2D eigenvalue weighted by Gasteiger charge is -2.28. The van der Waals surface area contributed by atoms with E-state index in [9.17, 15) is 45.6 Å². The van der Waals surface area contributed by atoms with Gasteiger partial charge in [-0.2, -0.15) is 36.7 Å². The Bertz CT molecular complexity index is 1830. The quantitative estimate of drug-likeness (QED) is 0.253. The normalized spacial score (nSPS) is 12.2. The molecule has 242 valence electrons. The smallest absolute Gasteiger partial charge is 0.350 e. The molecule has 0 aliphatic heterocycles. The van der Waals surface area contributed by atoms with Gasteiger partial charge in [-0.3, -0.25) is 9.59 Å². The highest BCUT2D eigenvalue weighted by Crippen LogP contribution is 2.52. The van der Waals surface area contributed by atoms with Gasteiger partial charge in [0.2, 0.25) is 5.82 Å². The minimum absolute atomic E-state index is 0.0242. The summed E-state index contributed by atoms with van der Waals surface area (Å²) in [5.41, 5.74) is -6.49. The monoisotopic (exact) mass is 672 g/mol. The highest BCUT2D eigenvalue weighted by molar-refractivity contribution is 6.32. The zero-order chi connectivity index (χ0) is 34.2. The van der Waals surface area contributed by atoms with Crippen molar-refractivity contribution in [3.63, 3.8) is 0 Å². The molecule has 2 amide bonds. The number of hydrogen-bond donors (Lipinski definition) is 2. The lowest BCUT2D eigenvalue weighted by Crippen LogP contribution is -2.52. The second-order valence-electron chi connectivity index (χ2n) is 9.97. The topological polar surface area (TPSA) is 156 Å². The lowest BCUT2D eigenvalue weighted by molar-refractivity contribution is -0.352. The fourth-order valence-electron chi connectivity index (χ4n) is 4.20. The van der Waals surface area contributed by atoms with Crippen LogP contribution in [-0.4, -0.2) is 65.2 Å². The molecule has 12 nitrogen and oxygen atoms in total. The molecule has 0 aliphatic rings. The molecule has 4 aromatic rings. The number of benzene rings is 1. The Labute approximate surface area is 259 Å². The Morgan fingerprint density at radius 3 is 2.33 bits per heavy atom. The van der Waals surface area contributed by atoms with Gasteiger partial charge in [0.05, 0.1) is 40.1 Å². The van der Waals surface area contributed by atoms with Crippen molar-refractivity contribution in [2.75, 3.05) is 5.32 Å². The van der Waals surface area contributed by atoms with E-state index < -0.39 is 53.6 Å². The molecule has 20 heteroatoms. The molecule has 2 N–H and O–H groups in total. The van der Waals surface area contributed by atoms with Gasteiger partial charge in [0, 0.05) is 12.2 Å². The molecule has 0 unspecified atom stereocenters. The van der Waals surface area contributed by atoms with Gasteiger partial charge in [-0.1, -0.05) is 11.6 Å². The first-order valence-electron chi connectivity index (χ1n) is 12.8. The predicted octanol–water partition coefficient (Wildman–Crippen LogP) is 4.82. The minimum atomic E-state index is -6.50. The predicted molar refractivity (Wildman–Crippen MR) is 145 cm³/mol. The molecule has 3 aromatic heterocycles. The van der Waals surface area contributed by atoms with Gasteiger partial charge in [-0.15, -0.1) is 5.10 Å². The Morgan fingerprint density at radius 1 is 1.07 bits per heavy atom. The van der Waals surface area contributed by atoms with Gasteiger partial charge in [0.1, 0.15) is 5.69 Å². The number of amides is 2. The highest BCUT2D eigenvalue weighted by atomic mass is 35.5. The summed E-state index contributed by atoms with van der Waals surface area (Å²) in [7, 11) is 0. The Kier molecular flexibility index (Phi) is 9.06. The third-order valence-electron chi connectivity index (χ3n) is 6.23. The van der Waals surface area contributed by atoms with Crippen LogP contribution >= 0.6 is 11.6 Å². The van der Waals surface area contributed by atoms with Crippen LogP contribution in [0.15, 0.2) is 36.5 Å². The second kappa shape index (κ2) is 12.3. The number of tetrazole rings is 1. The number of rotatable bonds is 8. The summed E-state index contributed by atoms with van der Waals surface area (Å²) >= 11 is 6.23. The number of carbonyl (C=O) groups excluding carboxylic acids is 2. The molecular formula is C26H20ClF7N10O2. The van der Waals surface area contributed by atoms with E-state index in [4.69, 9.17) is 11.6 Å². The largest absolute Gasteiger partial charge is 0.439 e. The van der Waals surface area contributed by atoms with Crippen molar-refractivity contribution in [1.29, 1.82) is 5.26 Å². The first kappa shape index (κ1) is 33.8. The second-order valence-corrected chi connectivity index (χ2v) is 10.4. The van der Waals surface area contributed by atoms with Crippen LogP contribution < -0.4 is 10.6 Å². The molecule has 0 atom stereocenters. The number of anilines is 1. The number of aromatic nitrogens is 7. The van der Waals surface area contributed by atoms with Crippen LogP contribution in [0.3, 0.4) is 0 Å². The molecule has 0 radical (unpaired) electrons. The van der Waals surface area contributed by atoms with Crippen LogP contribution in [0.1, 0.15) is 57.3 Å². The third kappa shape index (κ3) is 6.33. The molecule has 46 heavy (non-hydrogen) atoms. The van der Waals surface area contributed by atoms with Gasteiger partial charge in [0.25, 0.3) is 11.8 Å². The summed E-state index contributed by atoms with van der Waals surface area (Å²) in [5, 5.41) is 27.1. The van der Waals surface area contributed by atoms with E-state index >= 15 is 0 Å². The van der Waals surface area contributed by atoms with Crippen LogP contribution in [0, 0.1) is 18.3 Å². The van der Waals surface area contributed by atoms with Crippen molar-refractivity contribution in [3.05, 3.63) is 75.5 Å². The summed E-state index contributed by atoms with van der Waals surface area (Å²) in [6.07, 6.45) is -11.7. The number of pyridine rings is 1. The number of alkyl halides is 7. The van der Waals surface area contributed by atoms with E-state index in [1.807, 2.05) is 6.07 Å². The zero-order valence-electron chi connectivity index (χ0n) is 23.7. The maximum absolute atomic E-state index is 14.8. The van der Waals surface area contributed by atoms with E-state index in [0.717, 1.165) is 10.7 Å². The molecule has 0 saturated carbocycles. The molecule has 0 aliphatic carbocycles. The molecule has 4 rings (SSSR count). The van der Waals surface area contributed by atoms with Gasteiger partial charge in [0.15, 0.2) is 5.82 Å². The minimum Gasteiger partial charge on any atom is -0.350 e. The number of nitrogens with one attached hydrogen (secondary N) is 2. The average Bonchev–Trinajstić information content (AvgIpc) is 3.59. The van der Waals surface area contributed by atoms with Crippen LogP contribution in [0.4, 0.5) is 36.4 Å². The fourth-order valence-corrected chi connectivity index (χ4v) is 4.41. The SMILES string of the molecule is Cc1cc(C#N)cc(C(=O)NC(C)C)c1NC(=O)c1cc(Cn2nnnc2C(F)(C(F)(F)F)C(F)(F)F)nn1-c1ncccc1Cl. The van der Waals surface area contributed by atoms with Crippen molar-refractivity contribution in [2.24, 2.45) is 0 Å². The van der Waals surface area contributed by atoms with Crippen molar-refractivity contribution in [1.82, 2.24) is 40.3 Å². The molecule has 1 aromatic carbocycles. The first-order chi connectivity index (χ1) is 21.4. The lowest BCUT2D eigenvalue weighted by atomic mass is 10.0. The van der Waals surface area contributed by atoms with E-state index in [2.05, 4.69) is 36.2 Å². The van der Waals surface area contributed by atoms with Crippen molar-refractivity contribution in [2.45, 2.75) is 51.4 Å². The molecule has 0 saturated heterocycles. The van der Waals surface area contributed by atoms with Gasteiger partial charge < -0.3 is 10.6 Å². The number of carbonyl (C=O) groups is 2. The maximum Gasteiger partial charge on any atom is 0.439 e. The van der Waals surface area contributed by atoms with Gasteiger partial charge in [-0.25, -0.2) is 18.7 Å². The number of nitriles is 1. The number of aryl methyl sites for hydroxylation is 1. The molecular weight excluding hydrogens is 653 g/mol. The fraction of sp³-hybridized carbons (Fsp3) is 0.308. The summed E-state index contributed by atoms with van der Waals surface area (Å²) in [4.78, 5) is 30.7. The summed E-state index contributed by atoms with van der Waals surface area (Å²) < 4.78 is 96.1. The average molecular weight is 673 g/mol. The van der Waals surface area contributed by atoms with E-state index in [-0.39, 0.29) is 38.4 Å². The summed E-state index contributed by atoms with van der Waals surface area (Å²) in [6.45, 7) is 3.79. The van der Waals surface area contributed by atoms with Crippen molar-refractivity contribution in [3.8, 4) is 11.9 Å². The molecule has 0 spiro atoms. The highest BCUT2D eigenvalue weighted by Gasteiger charge is 2.76.